The van der Waals surface area contributed by atoms with Crippen molar-refractivity contribution in [2.45, 2.75) is 25.1 Å². The van der Waals surface area contributed by atoms with Gasteiger partial charge in [0.15, 0.2) is 0 Å². The van der Waals surface area contributed by atoms with Gasteiger partial charge in [0.25, 0.3) is 5.91 Å². The minimum atomic E-state index is -0.665. The number of rotatable bonds is 8. The zero-order chi connectivity index (χ0) is 20.9. The number of ether oxygens (including phenoxy) is 1. The normalized spacial score (nSPS) is 17.5. The average Bonchev–Trinajstić information content (AvgIpc) is 2.74. The summed E-state index contributed by atoms with van der Waals surface area (Å²) in [4.78, 5) is 23.2. The second kappa shape index (κ2) is 9.38. The van der Waals surface area contributed by atoms with E-state index in [2.05, 4.69) is 49.0 Å². The van der Waals surface area contributed by atoms with Crippen LogP contribution in [0.4, 0.5) is 5.82 Å². The second-order valence-electron chi connectivity index (χ2n) is 7.74. The van der Waals surface area contributed by atoms with Crippen LogP contribution in [0.15, 0.2) is 30.3 Å². The molecule has 2 aliphatic heterocycles. The number of hydrogen-bond donors (Lipinski definition) is 4. The molecule has 1 unspecified atom stereocenters. The van der Waals surface area contributed by atoms with Gasteiger partial charge in [-0.2, -0.15) is 9.97 Å². The van der Waals surface area contributed by atoms with E-state index >= 15 is 0 Å². The number of anilines is 1. The first-order valence-corrected chi connectivity index (χ1v) is 10.3. The van der Waals surface area contributed by atoms with Crippen LogP contribution in [0.5, 0.6) is 6.01 Å². The lowest BCUT2D eigenvalue weighted by atomic mass is 10.00. The number of amides is 1. The Morgan fingerprint density at radius 2 is 2.13 bits per heavy atom. The van der Waals surface area contributed by atoms with E-state index in [4.69, 9.17) is 4.74 Å². The number of methoxy groups -OCH3 is 1. The van der Waals surface area contributed by atoms with Crippen molar-refractivity contribution in [2.75, 3.05) is 45.2 Å². The number of carbonyl (C=O) groups is 1. The molecular formula is C21H28N6O3. The molecule has 2 aliphatic rings. The number of nitrogens with zero attached hydrogens (tertiary/aromatic N) is 3. The minimum Gasteiger partial charge on any atom is -0.467 e. The predicted octanol–water partition coefficient (Wildman–Crippen LogP) is 0.0179. The molecular weight excluding hydrogens is 384 g/mol. The van der Waals surface area contributed by atoms with Crippen molar-refractivity contribution in [2.24, 2.45) is 0 Å². The van der Waals surface area contributed by atoms with Gasteiger partial charge in [-0.1, -0.05) is 24.3 Å². The Morgan fingerprint density at radius 3 is 2.87 bits per heavy atom. The number of hydrogen-bond acceptors (Lipinski definition) is 8. The summed E-state index contributed by atoms with van der Waals surface area (Å²) in [6.45, 7) is 4.06. The van der Waals surface area contributed by atoms with E-state index in [-0.39, 0.29) is 30.2 Å². The van der Waals surface area contributed by atoms with Crippen LogP contribution in [0, 0.1) is 0 Å². The standard InChI is InChI=1S/C21H28N6O3/c1-30-21-25-18(8-19(26-21)24-16-9-22-10-16)20(29)23-11-17(28)13-27-7-6-14-4-2-3-5-15(14)12-27/h2-5,8,16-17,22,28H,6-7,9-13H2,1H3,(H,23,29)(H,24,25,26). The Hall–Kier alpha value is -2.75. The lowest BCUT2D eigenvalue weighted by Crippen LogP contribution is -2.51. The number of nitrogens with one attached hydrogen (secondary N) is 3. The van der Waals surface area contributed by atoms with Crippen molar-refractivity contribution >= 4 is 11.7 Å². The molecule has 1 amide bonds. The van der Waals surface area contributed by atoms with Gasteiger partial charge in [-0.05, 0) is 17.5 Å². The van der Waals surface area contributed by atoms with Gasteiger partial charge in [0.1, 0.15) is 11.5 Å². The van der Waals surface area contributed by atoms with Gasteiger partial charge in [0.05, 0.1) is 19.3 Å². The van der Waals surface area contributed by atoms with Crippen LogP contribution in [-0.4, -0.2) is 77.9 Å². The molecule has 4 N–H and O–H groups in total. The summed E-state index contributed by atoms with van der Waals surface area (Å²) in [6, 6.07) is 10.4. The number of aliphatic hydroxyl groups is 1. The molecule has 0 saturated carbocycles. The first-order valence-electron chi connectivity index (χ1n) is 10.3. The maximum atomic E-state index is 12.6. The SMILES string of the molecule is COc1nc(NC2CNC2)cc(C(=O)NCC(O)CN2CCc3ccccc3C2)n1. The Morgan fingerprint density at radius 1 is 1.33 bits per heavy atom. The van der Waals surface area contributed by atoms with Crippen LogP contribution in [0.25, 0.3) is 0 Å². The van der Waals surface area contributed by atoms with Gasteiger partial charge >= 0.3 is 6.01 Å². The maximum Gasteiger partial charge on any atom is 0.318 e. The molecule has 160 valence electrons. The largest absolute Gasteiger partial charge is 0.467 e. The van der Waals surface area contributed by atoms with E-state index in [1.165, 1.54) is 18.2 Å². The highest BCUT2D eigenvalue weighted by atomic mass is 16.5. The van der Waals surface area contributed by atoms with Crippen LogP contribution in [-0.2, 0) is 13.0 Å². The van der Waals surface area contributed by atoms with Gasteiger partial charge in [0.2, 0.25) is 0 Å². The molecule has 0 aliphatic carbocycles. The van der Waals surface area contributed by atoms with Crippen LogP contribution in [0.2, 0.25) is 0 Å². The third-order valence-corrected chi connectivity index (χ3v) is 5.43. The number of benzene rings is 1. The van der Waals surface area contributed by atoms with E-state index in [1.54, 1.807) is 6.07 Å². The number of carbonyl (C=O) groups excluding carboxylic acids is 1. The monoisotopic (exact) mass is 412 g/mol. The summed E-state index contributed by atoms with van der Waals surface area (Å²) in [5.41, 5.74) is 2.88. The molecule has 2 aromatic rings. The lowest BCUT2D eigenvalue weighted by molar-refractivity contribution is 0.0837. The van der Waals surface area contributed by atoms with Gasteiger partial charge in [0, 0.05) is 45.3 Å². The van der Waals surface area contributed by atoms with Crippen LogP contribution >= 0.6 is 0 Å². The van der Waals surface area contributed by atoms with E-state index in [0.29, 0.717) is 12.4 Å². The number of fused-ring (bicyclic) bond motifs is 1. The molecule has 0 bridgehead atoms. The summed E-state index contributed by atoms with van der Waals surface area (Å²) in [6.07, 6.45) is 0.309. The second-order valence-corrected chi connectivity index (χ2v) is 7.74. The van der Waals surface area contributed by atoms with E-state index in [9.17, 15) is 9.90 Å². The summed E-state index contributed by atoms with van der Waals surface area (Å²) in [5.74, 6) is 0.180. The molecule has 0 radical (unpaired) electrons. The van der Waals surface area contributed by atoms with Crippen molar-refractivity contribution in [3.63, 3.8) is 0 Å². The molecule has 1 aromatic heterocycles. The Balaban J connectivity index is 1.30. The highest BCUT2D eigenvalue weighted by Crippen LogP contribution is 2.18. The highest BCUT2D eigenvalue weighted by molar-refractivity contribution is 5.93. The highest BCUT2D eigenvalue weighted by Gasteiger charge is 2.21. The predicted molar refractivity (Wildman–Crippen MR) is 113 cm³/mol. The molecule has 1 atom stereocenters. The summed E-state index contributed by atoms with van der Waals surface area (Å²) >= 11 is 0. The van der Waals surface area contributed by atoms with Crippen molar-refractivity contribution in [3.8, 4) is 6.01 Å². The van der Waals surface area contributed by atoms with Crippen molar-refractivity contribution in [1.29, 1.82) is 0 Å². The molecule has 0 spiro atoms. The van der Waals surface area contributed by atoms with Gasteiger partial charge < -0.3 is 25.8 Å². The average molecular weight is 412 g/mol. The lowest BCUT2D eigenvalue weighted by Gasteiger charge is -2.30. The van der Waals surface area contributed by atoms with Gasteiger partial charge in [-0.25, -0.2) is 0 Å². The summed E-state index contributed by atoms with van der Waals surface area (Å²) in [7, 11) is 1.46. The molecule has 30 heavy (non-hydrogen) atoms. The third-order valence-electron chi connectivity index (χ3n) is 5.43. The molecule has 9 nitrogen and oxygen atoms in total. The first kappa shape index (κ1) is 20.5. The zero-order valence-electron chi connectivity index (χ0n) is 17.1. The molecule has 1 aromatic carbocycles. The fraction of sp³-hybridized carbons (Fsp3) is 0.476. The van der Waals surface area contributed by atoms with Crippen LogP contribution in [0.3, 0.4) is 0 Å². The number of aromatic nitrogens is 2. The Bertz CT molecular complexity index is 889. The smallest absolute Gasteiger partial charge is 0.318 e. The first-order chi connectivity index (χ1) is 14.6. The molecule has 9 heteroatoms. The number of aliphatic hydroxyl groups excluding tert-OH is 1. The fourth-order valence-electron chi connectivity index (χ4n) is 3.68. The van der Waals surface area contributed by atoms with E-state index in [0.717, 1.165) is 32.6 Å². The van der Waals surface area contributed by atoms with Gasteiger partial charge in [-0.15, -0.1) is 0 Å². The quantitative estimate of drug-likeness (QED) is 0.480. The van der Waals surface area contributed by atoms with E-state index in [1.807, 2.05) is 6.07 Å². The Labute approximate surface area is 175 Å². The van der Waals surface area contributed by atoms with Crippen molar-refractivity contribution in [3.05, 3.63) is 47.2 Å². The number of β-amino-alcohol motifs (C(OH)–C–C–N with tert-alkyl or cyclic N) is 1. The summed E-state index contributed by atoms with van der Waals surface area (Å²) < 4.78 is 5.12. The van der Waals surface area contributed by atoms with Gasteiger partial charge in [-0.3, -0.25) is 9.69 Å². The van der Waals surface area contributed by atoms with Crippen LogP contribution < -0.4 is 20.7 Å². The maximum absolute atomic E-state index is 12.6. The zero-order valence-corrected chi connectivity index (χ0v) is 17.1. The van der Waals surface area contributed by atoms with Crippen molar-refractivity contribution in [1.82, 2.24) is 25.5 Å². The third kappa shape index (κ3) is 5.05. The van der Waals surface area contributed by atoms with E-state index < -0.39 is 6.10 Å². The molecule has 1 saturated heterocycles. The topological polar surface area (TPSA) is 112 Å². The Kier molecular flexibility index (Phi) is 6.41. The molecule has 3 heterocycles. The minimum absolute atomic E-state index is 0.130. The van der Waals surface area contributed by atoms with Crippen molar-refractivity contribution < 1.29 is 14.6 Å². The van der Waals surface area contributed by atoms with Crippen LogP contribution in [0.1, 0.15) is 21.6 Å². The fourth-order valence-corrected chi connectivity index (χ4v) is 3.68. The summed E-state index contributed by atoms with van der Waals surface area (Å²) in [5, 5.41) is 19.6. The molecule has 4 rings (SSSR count). The molecule has 1 fully saturated rings.